The highest BCUT2D eigenvalue weighted by molar-refractivity contribution is 5.08. The van der Waals surface area contributed by atoms with E-state index < -0.39 is 0 Å². The van der Waals surface area contributed by atoms with Gasteiger partial charge in [-0.1, -0.05) is 34.6 Å². The Kier molecular flexibility index (Phi) is 4.75. The molecule has 0 aliphatic heterocycles. The van der Waals surface area contributed by atoms with Gasteiger partial charge in [0, 0.05) is 30.9 Å². The molecule has 0 fully saturated rings. The Labute approximate surface area is 105 Å². The van der Waals surface area contributed by atoms with Gasteiger partial charge in [-0.25, -0.2) is 4.98 Å². The van der Waals surface area contributed by atoms with Crippen molar-refractivity contribution in [1.29, 1.82) is 0 Å². The van der Waals surface area contributed by atoms with Crippen molar-refractivity contribution in [3.63, 3.8) is 0 Å². The summed E-state index contributed by atoms with van der Waals surface area (Å²) in [5.74, 6) is 0.963. The lowest BCUT2D eigenvalue weighted by Crippen LogP contribution is -2.25. The van der Waals surface area contributed by atoms with Gasteiger partial charge in [-0.05, 0) is 17.8 Å². The first-order valence-corrected chi connectivity index (χ1v) is 6.61. The minimum atomic E-state index is 0.311. The van der Waals surface area contributed by atoms with Crippen LogP contribution in [0.1, 0.15) is 52.7 Å². The van der Waals surface area contributed by atoms with Crippen molar-refractivity contribution in [2.75, 3.05) is 6.54 Å². The van der Waals surface area contributed by atoms with Gasteiger partial charge in [0.15, 0.2) is 0 Å². The number of rotatable bonds is 6. The monoisotopic (exact) mass is 237 g/mol. The minimum Gasteiger partial charge on any atom is -0.334 e. The molecule has 0 saturated heterocycles. The first-order valence-electron chi connectivity index (χ1n) is 6.61. The van der Waals surface area contributed by atoms with Gasteiger partial charge in [-0.15, -0.1) is 0 Å². The van der Waals surface area contributed by atoms with E-state index in [4.69, 9.17) is 5.73 Å². The smallest absolute Gasteiger partial charge is 0.0948 e. The maximum Gasteiger partial charge on any atom is 0.0948 e. The maximum atomic E-state index is 5.89. The first-order chi connectivity index (χ1) is 7.91. The number of aromatic nitrogens is 2. The number of nitrogens with zero attached hydrogens (tertiary/aromatic N) is 2. The van der Waals surface area contributed by atoms with Crippen LogP contribution in [0.3, 0.4) is 0 Å². The third-order valence-electron chi connectivity index (χ3n) is 3.74. The van der Waals surface area contributed by atoms with Gasteiger partial charge >= 0.3 is 0 Å². The number of nitrogens with two attached hydrogens (primary N) is 1. The summed E-state index contributed by atoms with van der Waals surface area (Å²) in [4.78, 5) is 4.30. The highest BCUT2D eigenvalue weighted by Crippen LogP contribution is 2.27. The van der Waals surface area contributed by atoms with Crippen LogP contribution < -0.4 is 5.73 Å². The lowest BCUT2D eigenvalue weighted by Gasteiger charge is -2.27. The van der Waals surface area contributed by atoms with E-state index in [2.05, 4.69) is 44.2 Å². The second kappa shape index (κ2) is 5.67. The molecule has 1 rings (SSSR count). The lowest BCUT2D eigenvalue weighted by molar-refractivity contribution is 0.285. The van der Waals surface area contributed by atoms with E-state index in [-0.39, 0.29) is 0 Å². The van der Waals surface area contributed by atoms with Crippen molar-refractivity contribution in [2.45, 2.75) is 53.5 Å². The Hall–Kier alpha value is -0.830. The molecule has 0 aliphatic carbocycles. The molecule has 0 spiro atoms. The molecule has 98 valence electrons. The fraction of sp³-hybridized carbons (Fsp3) is 0.786. The zero-order valence-corrected chi connectivity index (χ0v) is 11.9. The SMILES string of the molecule is CCC(C)(C)Cn1cncc1C(CN)C(C)C. The summed E-state index contributed by atoms with van der Waals surface area (Å²) in [6.07, 6.45) is 5.08. The lowest BCUT2D eigenvalue weighted by atomic mass is 9.89. The summed E-state index contributed by atoms with van der Waals surface area (Å²) >= 11 is 0. The summed E-state index contributed by atoms with van der Waals surface area (Å²) < 4.78 is 2.28. The van der Waals surface area contributed by atoms with Crippen LogP contribution in [0, 0.1) is 11.3 Å². The second-order valence-electron chi connectivity index (χ2n) is 6.05. The average Bonchev–Trinajstić information content (AvgIpc) is 2.66. The maximum absolute atomic E-state index is 5.89. The summed E-state index contributed by atoms with van der Waals surface area (Å²) in [5.41, 5.74) is 7.48. The van der Waals surface area contributed by atoms with E-state index >= 15 is 0 Å². The Morgan fingerprint density at radius 2 is 2.06 bits per heavy atom. The molecule has 0 aliphatic rings. The van der Waals surface area contributed by atoms with E-state index in [0.717, 1.165) is 6.54 Å². The normalized spacial score (nSPS) is 14.3. The van der Waals surface area contributed by atoms with Crippen molar-refractivity contribution in [2.24, 2.45) is 17.1 Å². The van der Waals surface area contributed by atoms with E-state index in [1.807, 2.05) is 12.5 Å². The highest BCUT2D eigenvalue weighted by Gasteiger charge is 2.22. The summed E-state index contributed by atoms with van der Waals surface area (Å²) in [6, 6.07) is 0. The highest BCUT2D eigenvalue weighted by atomic mass is 15.1. The molecule has 1 heterocycles. The molecule has 0 aromatic carbocycles. The summed E-state index contributed by atoms with van der Waals surface area (Å²) in [5, 5.41) is 0. The molecule has 2 N–H and O–H groups in total. The molecular formula is C14H27N3. The van der Waals surface area contributed by atoms with Crippen molar-refractivity contribution < 1.29 is 0 Å². The van der Waals surface area contributed by atoms with E-state index in [1.165, 1.54) is 12.1 Å². The molecule has 0 radical (unpaired) electrons. The molecule has 3 heteroatoms. The van der Waals surface area contributed by atoms with Gasteiger partial charge in [-0.3, -0.25) is 0 Å². The standard InChI is InChI=1S/C14H27N3/c1-6-14(4,5)9-17-10-16-8-13(17)12(7-15)11(2)3/h8,10-12H,6-7,9,15H2,1-5H3. The van der Waals surface area contributed by atoms with Crippen molar-refractivity contribution in [3.05, 3.63) is 18.2 Å². The molecule has 0 saturated carbocycles. The summed E-state index contributed by atoms with van der Waals surface area (Å²) in [7, 11) is 0. The van der Waals surface area contributed by atoms with Crippen LogP contribution >= 0.6 is 0 Å². The Balaban J connectivity index is 2.92. The fourth-order valence-electron chi connectivity index (χ4n) is 2.08. The zero-order valence-electron chi connectivity index (χ0n) is 11.9. The van der Waals surface area contributed by atoms with Crippen molar-refractivity contribution in [3.8, 4) is 0 Å². The first kappa shape index (κ1) is 14.2. The van der Waals surface area contributed by atoms with Crippen LogP contribution in [0.4, 0.5) is 0 Å². The molecule has 0 bridgehead atoms. The van der Waals surface area contributed by atoms with E-state index in [9.17, 15) is 0 Å². The number of hydrogen-bond donors (Lipinski definition) is 1. The van der Waals surface area contributed by atoms with Crippen LogP contribution in [0.25, 0.3) is 0 Å². The van der Waals surface area contributed by atoms with Gasteiger partial charge < -0.3 is 10.3 Å². The Morgan fingerprint density at radius 3 is 2.53 bits per heavy atom. The summed E-state index contributed by atoms with van der Waals surface area (Å²) in [6.45, 7) is 13.0. The molecule has 1 atom stereocenters. The number of imidazole rings is 1. The average molecular weight is 237 g/mol. The van der Waals surface area contributed by atoms with Crippen LogP contribution in [-0.4, -0.2) is 16.1 Å². The van der Waals surface area contributed by atoms with Crippen LogP contribution in [0.2, 0.25) is 0 Å². The van der Waals surface area contributed by atoms with Gasteiger partial charge in [-0.2, -0.15) is 0 Å². The zero-order chi connectivity index (χ0) is 13.1. The molecular weight excluding hydrogens is 210 g/mol. The Bertz CT molecular complexity index is 339. The minimum absolute atomic E-state index is 0.311. The molecule has 3 nitrogen and oxygen atoms in total. The Morgan fingerprint density at radius 1 is 1.41 bits per heavy atom. The molecule has 1 aromatic rings. The van der Waals surface area contributed by atoms with E-state index in [1.54, 1.807) is 0 Å². The molecule has 17 heavy (non-hydrogen) atoms. The van der Waals surface area contributed by atoms with Gasteiger partial charge in [0.2, 0.25) is 0 Å². The topological polar surface area (TPSA) is 43.8 Å². The molecule has 1 aromatic heterocycles. The largest absolute Gasteiger partial charge is 0.334 e. The predicted molar refractivity (Wildman–Crippen MR) is 72.9 cm³/mol. The van der Waals surface area contributed by atoms with Gasteiger partial charge in [0.05, 0.1) is 6.33 Å². The molecule has 1 unspecified atom stereocenters. The van der Waals surface area contributed by atoms with Gasteiger partial charge in [0.25, 0.3) is 0 Å². The fourth-order valence-corrected chi connectivity index (χ4v) is 2.08. The predicted octanol–water partition coefficient (Wildman–Crippen LogP) is 3.02. The van der Waals surface area contributed by atoms with Gasteiger partial charge in [0.1, 0.15) is 0 Å². The quantitative estimate of drug-likeness (QED) is 0.826. The van der Waals surface area contributed by atoms with Crippen LogP contribution in [0.5, 0.6) is 0 Å². The third kappa shape index (κ3) is 3.56. The third-order valence-corrected chi connectivity index (χ3v) is 3.74. The second-order valence-corrected chi connectivity index (χ2v) is 6.05. The van der Waals surface area contributed by atoms with Crippen molar-refractivity contribution >= 4 is 0 Å². The van der Waals surface area contributed by atoms with Crippen LogP contribution in [-0.2, 0) is 6.54 Å². The molecule has 0 amide bonds. The van der Waals surface area contributed by atoms with E-state index in [0.29, 0.717) is 23.8 Å². The van der Waals surface area contributed by atoms with Crippen LogP contribution in [0.15, 0.2) is 12.5 Å². The van der Waals surface area contributed by atoms with Crippen molar-refractivity contribution in [1.82, 2.24) is 9.55 Å². The number of hydrogen-bond acceptors (Lipinski definition) is 2.